The molecule has 0 bridgehead atoms. The molecule has 0 unspecified atom stereocenters. The van der Waals surface area contributed by atoms with Crippen LogP contribution in [-0.2, 0) is 30.1 Å². The minimum absolute atomic E-state index is 0.0829. The van der Waals surface area contributed by atoms with E-state index in [1.165, 1.54) is 221 Å². The third-order valence-electron chi connectivity index (χ3n) is 18.6. The van der Waals surface area contributed by atoms with Crippen LogP contribution in [0.25, 0.3) is 33.4 Å². The van der Waals surface area contributed by atoms with E-state index < -0.39 is 0 Å². The van der Waals surface area contributed by atoms with E-state index >= 15 is 0 Å². The summed E-state index contributed by atoms with van der Waals surface area (Å²) in [4.78, 5) is 2.61. The summed E-state index contributed by atoms with van der Waals surface area (Å²) in [6.07, 6.45) is 33.4. The predicted molar refractivity (Wildman–Crippen MR) is 300 cm³/mol. The van der Waals surface area contributed by atoms with Gasteiger partial charge in [-0.05, 0) is 134 Å². The Labute approximate surface area is 423 Å². The highest BCUT2D eigenvalue weighted by Crippen LogP contribution is 2.56. The number of hydrogen-bond acceptors (Lipinski definition) is 1. The molecule has 5 aliphatic rings. The quantitative estimate of drug-likeness (QED) is 0.132. The van der Waals surface area contributed by atoms with Crippen LogP contribution in [0.15, 0.2) is 121 Å². The molecule has 70 heavy (non-hydrogen) atoms. The molecule has 1 nitrogen and oxygen atoms in total. The molecule has 0 aromatic heterocycles. The second-order valence-electron chi connectivity index (χ2n) is 24.2. The number of fused-ring (bicyclic) bond motifs is 6. The van der Waals surface area contributed by atoms with Crippen LogP contribution in [0.4, 0.5) is 17.1 Å². The standard InChI is InChI=1S/C69H83N/c1-68(2)62-34-23-21-32-60(62)67-63(68)35-24-36-65(67)70(57-41-42-59-58-31-20-22-33-61(58)69(3,4)64(59)48-57)56-39-37-53(38-40-56)66-54(44-50-27-16-10-6-11-17-28-50)46-52(43-49-25-14-8-5-9-15-26-49)47-55(66)45-51-29-18-12-7-13-19-30-51/h20-24,31-42,46-51H,5-19,25-30,43-45H2,1-4H3. The van der Waals surface area contributed by atoms with Gasteiger partial charge >= 0.3 is 0 Å². The average Bonchev–Trinajstić information content (AvgIpc) is 3.71. The number of anilines is 3. The average molecular weight is 926 g/mol. The fraction of sp³-hybridized carbons (Fsp3) is 0.478. The molecule has 0 N–H and O–H groups in total. The summed E-state index contributed by atoms with van der Waals surface area (Å²) in [6.45, 7) is 9.68. The fourth-order valence-corrected chi connectivity index (χ4v) is 14.8. The largest absolute Gasteiger partial charge is 0.310 e. The number of nitrogens with zero attached hydrogens (tertiary/aromatic N) is 1. The van der Waals surface area contributed by atoms with Gasteiger partial charge in [-0.15, -0.1) is 0 Å². The van der Waals surface area contributed by atoms with Crippen LogP contribution in [0.5, 0.6) is 0 Å². The van der Waals surface area contributed by atoms with Gasteiger partial charge in [-0.2, -0.15) is 0 Å². The maximum absolute atomic E-state index is 2.77. The molecule has 0 aliphatic heterocycles. The highest BCUT2D eigenvalue weighted by Gasteiger charge is 2.39. The van der Waals surface area contributed by atoms with Gasteiger partial charge in [-0.1, -0.05) is 254 Å². The first-order valence-electron chi connectivity index (χ1n) is 28.8. The molecule has 0 atom stereocenters. The normalized spacial score (nSPS) is 19.6. The highest BCUT2D eigenvalue weighted by atomic mass is 15.1. The van der Waals surface area contributed by atoms with E-state index in [-0.39, 0.29) is 10.8 Å². The van der Waals surface area contributed by atoms with Crippen molar-refractivity contribution in [2.24, 2.45) is 17.8 Å². The van der Waals surface area contributed by atoms with Crippen LogP contribution in [0.3, 0.4) is 0 Å². The molecule has 0 radical (unpaired) electrons. The van der Waals surface area contributed by atoms with Gasteiger partial charge in [-0.3, -0.25) is 0 Å². The summed E-state index contributed by atoms with van der Waals surface area (Å²) >= 11 is 0. The Bertz CT molecular complexity index is 2690. The van der Waals surface area contributed by atoms with Crippen LogP contribution in [0.2, 0.25) is 0 Å². The maximum atomic E-state index is 2.77. The Hall–Kier alpha value is -4.88. The molecule has 0 spiro atoms. The first kappa shape index (κ1) is 47.4. The Kier molecular flexibility index (Phi) is 14.0. The molecule has 364 valence electrons. The first-order valence-corrected chi connectivity index (χ1v) is 28.8. The number of hydrogen-bond donors (Lipinski definition) is 0. The third-order valence-corrected chi connectivity index (χ3v) is 18.6. The van der Waals surface area contributed by atoms with Gasteiger partial charge < -0.3 is 4.90 Å². The molecule has 5 aliphatic carbocycles. The SMILES string of the molecule is CC1(C)c2ccccc2-c2ccc(N(c3ccc(-c4c(CC5CCCCCCC5)cc(CC5CCCCCCC5)cc4CC4CCCCCCC4)cc3)c3cccc4c3-c3ccccc3C4(C)C)cc21. The lowest BCUT2D eigenvalue weighted by Crippen LogP contribution is -2.17. The van der Waals surface area contributed by atoms with E-state index in [2.05, 4.69) is 154 Å². The van der Waals surface area contributed by atoms with Crippen molar-refractivity contribution in [3.05, 3.63) is 160 Å². The smallest absolute Gasteiger partial charge is 0.0543 e. The Morgan fingerprint density at radius 3 is 1.39 bits per heavy atom. The van der Waals surface area contributed by atoms with E-state index in [9.17, 15) is 0 Å². The van der Waals surface area contributed by atoms with Gasteiger partial charge in [0.2, 0.25) is 0 Å². The van der Waals surface area contributed by atoms with Gasteiger partial charge in [0, 0.05) is 27.8 Å². The van der Waals surface area contributed by atoms with Crippen molar-refractivity contribution >= 4 is 17.1 Å². The van der Waals surface area contributed by atoms with E-state index in [4.69, 9.17) is 0 Å². The third kappa shape index (κ3) is 9.50. The molecule has 6 aromatic carbocycles. The van der Waals surface area contributed by atoms with Gasteiger partial charge in [0.15, 0.2) is 0 Å². The van der Waals surface area contributed by atoms with Crippen molar-refractivity contribution in [1.82, 2.24) is 0 Å². The van der Waals surface area contributed by atoms with Crippen LogP contribution in [-0.4, -0.2) is 0 Å². The van der Waals surface area contributed by atoms with Crippen molar-refractivity contribution < 1.29 is 0 Å². The summed E-state index contributed by atoms with van der Waals surface area (Å²) < 4.78 is 0. The van der Waals surface area contributed by atoms with Crippen LogP contribution < -0.4 is 4.90 Å². The van der Waals surface area contributed by atoms with Crippen molar-refractivity contribution in [3.63, 3.8) is 0 Å². The Morgan fingerprint density at radius 2 is 0.814 bits per heavy atom. The lowest BCUT2D eigenvalue weighted by molar-refractivity contribution is 0.371. The maximum Gasteiger partial charge on any atom is 0.0543 e. The van der Waals surface area contributed by atoms with Gasteiger partial charge in [0.25, 0.3) is 0 Å². The molecule has 11 rings (SSSR count). The first-order chi connectivity index (χ1) is 34.2. The highest BCUT2D eigenvalue weighted by molar-refractivity contribution is 5.96. The van der Waals surface area contributed by atoms with Crippen molar-refractivity contribution in [3.8, 4) is 33.4 Å². The summed E-state index contributed by atoms with van der Waals surface area (Å²) in [6, 6.07) is 48.4. The van der Waals surface area contributed by atoms with Crippen molar-refractivity contribution in [1.29, 1.82) is 0 Å². The van der Waals surface area contributed by atoms with Gasteiger partial charge in [0.1, 0.15) is 0 Å². The van der Waals surface area contributed by atoms with Gasteiger partial charge in [0.05, 0.1) is 5.69 Å². The molecule has 1 heteroatoms. The second kappa shape index (κ2) is 20.7. The number of benzene rings is 6. The minimum Gasteiger partial charge on any atom is -0.310 e. The monoisotopic (exact) mass is 926 g/mol. The fourth-order valence-electron chi connectivity index (χ4n) is 14.8. The van der Waals surface area contributed by atoms with Crippen LogP contribution in [0.1, 0.15) is 201 Å². The molecular formula is C69H83N. The lowest BCUT2D eigenvalue weighted by Gasteiger charge is -2.31. The summed E-state index contributed by atoms with van der Waals surface area (Å²) in [5, 5.41) is 0. The molecule has 0 saturated heterocycles. The zero-order valence-corrected chi connectivity index (χ0v) is 43.7. The topological polar surface area (TPSA) is 3.24 Å². The zero-order chi connectivity index (χ0) is 47.7. The zero-order valence-electron chi connectivity index (χ0n) is 43.7. The van der Waals surface area contributed by atoms with Gasteiger partial charge in [-0.25, -0.2) is 0 Å². The van der Waals surface area contributed by atoms with E-state index in [1.807, 2.05) is 0 Å². The van der Waals surface area contributed by atoms with E-state index in [0.717, 1.165) is 17.8 Å². The van der Waals surface area contributed by atoms with Crippen LogP contribution in [0, 0.1) is 17.8 Å². The van der Waals surface area contributed by atoms with Crippen molar-refractivity contribution in [2.45, 2.75) is 193 Å². The van der Waals surface area contributed by atoms with Crippen LogP contribution >= 0.6 is 0 Å². The van der Waals surface area contributed by atoms with E-state index in [1.54, 1.807) is 22.3 Å². The van der Waals surface area contributed by atoms with Crippen molar-refractivity contribution in [2.75, 3.05) is 4.90 Å². The molecule has 3 fully saturated rings. The Morgan fingerprint density at radius 1 is 0.371 bits per heavy atom. The minimum atomic E-state index is -0.0912. The second-order valence-corrected chi connectivity index (χ2v) is 24.2. The molecule has 6 aromatic rings. The Balaban J connectivity index is 1.05. The summed E-state index contributed by atoms with van der Waals surface area (Å²) in [5.41, 5.74) is 22.7. The number of rotatable bonds is 10. The molecular weight excluding hydrogens is 843 g/mol. The summed E-state index contributed by atoms with van der Waals surface area (Å²) in [5.74, 6) is 2.39. The van der Waals surface area contributed by atoms with E-state index in [0.29, 0.717) is 0 Å². The lowest BCUT2D eigenvalue weighted by atomic mass is 9.78. The molecule has 0 heterocycles. The molecule has 0 amide bonds. The predicted octanol–water partition coefficient (Wildman–Crippen LogP) is 20.1. The molecule has 3 saturated carbocycles. The summed E-state index contributed by atoms with van der Waals surface area (Å²) in [7, 11) is 0.